The van der Waals surface area contributed by atoms with Crippen molar-refractivity contribution >= 4 is 16.6 Å². The van der Waals surface area contributed by atoms with Gasteiger partial charge in [-0.15, -0.1) is 0 Å². The molecule has 2 aromatic rings. The number of hydrogen-bond acceptors (Lipinski definition) is 4. The third-order valence-corrected chi connectivity index (χ3v) is 3.37. The summed E-state index contributed by atoms with van der Waals surface area (Å²) < 4.78 is 11.5. The van der Waals surface area contributed by atoms with Gasteiger partial charge >= 0.3 is 0 Å². The van der Waals surface area contributed by atoms with E-state index in [1.165, 1.54) is 0 Å². The molecule has 19 heavy (non-hydrogen) atoms. The Morgan fingerprint density at radius 2 is 2.32 bits per heavy atom. The molecule has 0 saturated carbocycles. The predicted molar refractivity (Wildman–Crippen MR) is 75.4 cm³/mol. The molecule has 1 aliphatic rings. The molecule has 100 valence electrons. The maximum atomic E-state index is 5.92. The summed E-state index contributed by atoms with van der Waals surface area (Å²) in [5, 5.41) is 0.962. The summed E-state index contributed by atoms with van der Waals surface area (Å²) in [4.78, 5) is 4.49. The van der Waals surface area contributed by atoms with Crippen molar-refractivity contribution in [2.75, 3.05) is 18.9 Å². The average molecular weight is 258 g/mol. The highest BCUT2D eigenvalue weighted by Gasteiger charge is 2.16. The minimum absolute atomic E-state index is 0.213. The van der Waals surface area contributed by atoms with Gasteiger partial charge in [-0.25, -0.2) is 0 Å². The zero-order valence-electron chi connectivity index (χ0n) is 11.1. The molecule has 1 aliphatic heterocycles. The molecule has 2 N–H and O–H groups in total. The molecule has 0 bridgehead atoms. The summed E-state index contributed by atoms with van der Waals surface area (Å²) >= 11 is 0. The molecule has 0 radical (unpaired) electrons. The lowest BCUT2D eigenvalue weighted by molar-refractivity contribution is 0.0684. The summed E-state index contributed by atoms with van der Waals surface area (Å²) in [5.74, 6) is 0.838. The van der Waals surface area contributed by atoms with E-state index in [9.17, 15) is 0 Å². The first-order valence-electron chi connectivity index (χ1n) is 6.63. The van der Waals surface area contributed by atoms with Crippen LogP contribution in [0.3, 0.4) is 0 Å². The number of nitrogen functional groups attached to an aromatic ring is 1. The van der Waals surface area contributed by atoms with E-state index in [1.807, 2.05) is 31.2 Å². The summed E-state index contributed by atoms with van der Waals surface area (Å²) in [5.41, 5.74) is 8.42. The number of aromatic nitrogens is 1. The summed E-state index contributed by atoms with van der Waals surface area (Å²) in [7, 11) is 0. The van der Waals surface area contributed by atoms with E-state index in [-0.39, 0.29) is 6.10 Å². The summed E-state index contributed by atoms with van der Waals surface area (Å²) in [6.07, 6.45) is 2.41. The van der Waals surface area contributed by atoms with Crippen molar-refractivity contribution in [2.24, 2.45) is 0 Å². The Balaban J connectivity index is 1.89. The molecule has 0 aliphatic carbocycles. The van der Waals surface area contributed by atoms with Crippen molar-refractivity contribution in [1.82, 2.24) is 4.98 Å². The number of benzene rings is 1. The van der Waals surface area contributed by atoms with Crippen LogP contribution in [0.5, 0.6) is 5.75 Å². The fraction of sp³-hybridized carbons (Fsp3) is 0.400. The normalized spacial score (nSPS) is 18.9. The molecular formula is C15H18N2O2. The zero-order valence-corrected chi connectivity index (χ0v) is 11.1. The Labute approximate surface area is 112 Å². The number of nitrogens with zero attached hydrogens (tertiary/aromatic N) is 1. The van der Waals surface area contributed by atoms with Crippen LogP contribution in [0.15, 0.2) is 24.3 Å². The van der Waals surface area contributed by atoms with E-state index >= 15 is 0 Å². The highest BCUT2D eigenvalue weighted by molar-refractivity contribution is 5.87. The minimum Gasteiger partial charge on any atom is -0.490 e. The van der Waals surface area contributed by atoms with Crippen LogP contribution in [0.2, 0.25) is 0 Å². The SMILES string of the molecule is Cc1cc(OCC2CCCO2)c2cc(N)ccc2n1. The first kappa shape index (κ1) is 12.2. The largest absolute Gasteiger partial charge is 0.490 e. The molecule has 0 spiro atoms. The van der Waals surface area contributed by atoms with Gasteiger partial charge in [0, 0.05) is 29.4 Å². The lowest BCUT2D eigenvalue weighted by Gasteiger charge is -2.14. The van der Waals surface area contributed by atoms with Crippen molar-refractivity contribution in [2.45, 2.75) is 25.9 Å². The van der Waals surface area contributed by atoms with Crippen LogP contribution in [0.4, 0.5) is 5.69 Å². The van der Waals surface area contributed by atoms with E-state index < -0.39 is 0 Å². The first-order valence-corrected chi connectivity index (χ1v) is 6.63. The number of aryl methyl sites for hydroxylation is 1. The molecule has 1 atom stereocenters. The Kier molecular flexibility index (Phi) is 3.25. The molecule has 1 aromatic carbocycles. The van der Waals surface area contributed by atoms with E-state index in [2.05, 4.69) is 4.98 Å². The molecule has 3 rings (SSSR count). The van der Waals surface area contributed by atoms with Gasteiger partial charge < -0.3 is 15.2 Å². The Bertz CT molecular complexity index is 592. The number of anilines is 1. The highest BCUT2D eigenvalue weighted by atomic mass is 16.5. The topological polar surface area (TPSA) is 57.4 Å². The molecule has 2 heterocycles. The van der Waals surface area contributed by atoms with E-state index in [4.69, 9.17) is 15.2 Å². The summed E-state index contributed by atoms with van der Waals surface area (Å²) in [6, 6.07) is 7.65. The first-order chi connectivity index (χ1) is 9.22. The van der Waals surface area contributed by atoms with Crippen LogP contribution in [0.25, 0.3) is 10.9 Å². The Morgan fingerprint density at radius 3 is 3.11 bits per heavy atom. The number of rotatable bonds is 3. The third-order valence-electron chi connectivity index (χ3n) is 3.37. The van der Waals surface area contributed by atoms with Gasteiger partial charge in [-0.05, 0) is 38.0 Å². The van der Waals surface area contributed by atoms with Crippen LogP contribution >= 0.6 is 0 Å². The van der Waals surface area contributed by atoms with Crippen LogP contribution in [0, 0.1) is 6.92 Å². The lowest BCUT2D eigenvalue weighted by atomic mass is 10.1. The standard InChI is InChI=1S/C15H18N2O2/c1-10-7-15(19-9-12-3-2-6-18-12)13-8-11(16)4-5-14(13)17-10/h4-5,7-8,12H,2-3,6,9,16H2,1H3. The van der Waals surface area contributed by atoms with Crippen LogP contribution in [0.1, 0.15) is 18.5 Å². The van der Waals surface area contributed by atoms with Gasteiger partial charge in [0.2, 0.25) is 0 Å². The molecule has 1 fully saturated rings. The average Bonchev–Trinajstić information content (AvgIpc) is 2.89. The van der Waals surface area contributed by atoms with Gasteiger partial charge in [0.05, 0.1) is 11.6 Å². The van der Waals surface area contributed by atoms with Gasteiger partial charge in [0.15, 0.2) is 0 Å². The van der Waals surface area contributed by atoms with Gasteiger partial charge in [-0.2, -0.15) is 0 Å². The molecule has 1 aromatic heterocycles. The highest BCUT2D eigenvalue weighted by Crippen LogP contribution is 2.28. The molecular weight excluding hydrogens is 240 g/mol. The van der Waals surface area contributed by atoms with E-state index in [1.54, 1.807) is 0 Å². The molecule has 0 amide bonds. The monoisotopic (exact) mass is 258 g/mol. The Morgan fingerprint density at radius 1 is 1.42 bits per heavy atom. The predicted octanol–water partition coefficient (Wildman–Crippen LogP) is 2.68. The minimum atomic E-state index is 0.213. The number of ether oxygens (including phenoxy) is 2. The molecule has 4 heteroatoms. The molecule has 4 nitrogen and oxygen atoms in total. The van der Waals surface area contributed by atoms with Crippen molar-refractivity contribution in [3.05, 3.63) is 30.0 Å². The van der Waals surface area contributed by atoms with Gasteiger partial charge in [-0.3, -0.25) is 4.98 Å². The van der Waals surface area contributed by atoms with Gasteiger partial charge in [-0.1, -0.05) is 0 Å². The van der Waals surface area contributed by atoms with E-state index in [0.717, 1.165) is 47.5 Å². The Hall–Kier alpha value is -1.81. The van der Waals surface area contributed by atoms with Crippen molar-refractivity contribution in [3.63, 3.8) is 0 Å². The van der Waals surface area contributed by atoms with Crippen molar-refractivity contribution in [1.29, 1.82) is 0 Å². The van der Waals surface area contributed by atoms with Crippen LogP contribution < -0.4 is 10.5 Å². The zero-order chi connectivity index (χ0) is 13.2. The fourth-order valence-corrected chi connectivity index (χ4v) is 2.42. The smallest absolute Gasteiger partial charge is 0.130 e. The van der Waals surface area contributed by atoms with Gasteiger partial charge in [0.1, 0.15) is 12.4 Å². The van der Waals surface area contributed by atoms with Crippen molar-refractivity contribution < 1.29 is 9.47 Å². The molecule has 1 saturated heterocycles. The van der Waals surface area contributed by atoms with E-state index in [0.29, 0.717) is 6.61 Å². The second-order valence-electron chi connectivity index (χ2n) is 4.98. The maximum Gasteiger partial charge on any atom is 0.130 e. The second kappa shape index (κ2) is 5.05. The van der Waals surface area contributed by atoms with Gasteiger partial charge in [0.25, 0.3) is 0 Å². The number of hydrogen-bond donors (Lipinski definition) is 1. The third kappa shape index (κ3) is 2.63. The lowest BCUT2D eigenvalue weighted by Crippen LogP contribution is -2.16. The fourth-order valence-electron chi connectivity index (χ4n) is 2.42. The maximum absolute atomic E-state index is 5.92. The summed E-state index contributed by atoms with van der Waals surface area (Å²) in [6.45, 7) is 3.40. The number of fused-ring (bicyclic) bond motifs is 1. The number of pyridine rings is 1. The van der Waals surface area contributed by atoms with Crippen LogP contribution in [-0.2, 0) is 4.74 Å². The molecule has 1 unspecified atom stereocenters. The quantitative estimate of drug-likeness (QED) is 0.860. The number of nitrogens with two attached hydrogens (primary N) is 1. The van der Waals surface area contributed by atoms with Crippen molar-refractivity contribution in [3.8, 4) is 5.75 Å². The second-order valence-corrected chi connectivity index (χ2v) is 4.98. The van der Waals surface area contributed by atoms with Crippen LogP contribution in [-0.4, -0.2) is 24.3 Å².